The molecule has 2 N–H and O–H groups in total. The highest BCUT2D eigenvalue weighted by atomic mass is 79.9. The third-order valence-corrected chi connectivity index (χ3v) is 5.30. The average molecular weight is 385 g/mol. The summed E-state index contributed by atoms with van der Waals surface area (Å²) in [6.45, 7) is 0.733. The number of benzene rings is 2. The minimum atomic E-state index is -3.80. The van der Waals surface area contributed by atoms with Crippen molar-refractivity contribution in [1.82, 2.24) is 0 Å². The van der Waals surface area contributed by atoms with Crippen molar-refractivity contribution in [3.05, 3.63) is 52.3 Å². The number of hydrogen-bond donors (Lipinski definition) is 2. The van der Waals surface area contributed by atoms with Gasteiger partial charge in [-0.15, -0.1) is 0 Å². The molecule has 0 aliphatic carbocycles. The number of sulfonamides is 1. The van der Waals surface area contributed by atoms with Crippen LogP contribution in [0, 0.1) is 5.82 Å². The summed E-state index contributed by atoms with van der Waals surface area (Å²) in [6, 6.07) is 8.86. The van der Waals surface area contributed by atoms with Gasteiger partial charge in [0.05, 0.1) is 11.4 Å². The lowest BCUT2D eigenvalue weighted by Crippen LogP contribution is -2.19. The maximum absolute atomic E-state index is 13.2. The zero-order chi connectivity index (χ0) is 15.7. The Kier molecular flexibility index (Phi) is 4.10. The fourth-order valence-corrected chi connectivity index (χ4v) is 4.46. The quantitative estimate of drug-likeness (QED) is 0.846. The highest BCUT2D eigenvalue weighted by Crippen LogP contribution is 2.34. The van der Waals surface area contributed by atoms with Crippen LogP contribution in [0.1, 0.15) is 12.0 Å². The van der Waals surface area contributed by atoms with Crippen LogP contribution in [0.25, 0.3) is 0 Å². The van der Waals surface area contributed by atoms with Crippen LogP contribution in [0.2, 0.25) is 0 Å². The van der Waals surface area contributed by atoms with E-state index in [1.807, 2.05) is 6.07 Å². The van der Waals surface area contributed by atoms with Crippen molar-refractivity contribution < 1.29 is 12.8 Å². The van der Waals surface area contributed by atoms with Crippen molar-refractivity contribution in [2.75, 3.05) is 16.6 Å². The molecule has 1 aliphatic heterocycles. The Morgan fingerprint density at radius 1 is 1.23 bits per heavy atom. The van der Waals surface area contributed by atoms with E-state index in [1.165, 1.54) is 18.2 Å². The standard InChI is InChI=1S/C15H14BrFN2O2S/c16-11-7-10-3-2-6-18-15(10)14(8-11)22(20,21)19-13-5-1-4-12(17)9-13/h1,4-5,7-9,18-19H,2-3,6H2. The van der Waals surface area contributed by atoms with Gasteiger partial charge in [-0.25, -0.2) is 12.8 Å². The van der Waals surface area contributed by atoms with Crippen LogP contribution in [-0.2, 0) is 16.4 Å². The fraction of sp³-hybridized carbons (Fsp3) is 0.200. The summed E-state index contributed by atoms with van der Waals surface area (Å²) in [7, 11) is -3.80. The molecule has 116 valence electrons. The van der Waals surface area contributed by atoms with E-state index in [4.69, 9.17) is 0 Å². The van der Waals surface area contributed by atoms with Gasteiger partial charge in [-0.3, -0.25) is 4.72 Å². The molecular formula is C15H14BrFN2O2S. The number of anilines is 2. The Hall–Kier alpha value is -1.60. The Bertz CT molecular complexity index is 824. The highest BCUT2D eigenvalue weighted by molar-refractivity contribution is 9.10. The predicted molar refractivity (Wildman–Crippen MR) is 88.2 cm³/mol. The average Bonchev–Trinajstić information content (AvgIpc) is 2.45. The zero-order valence-electron chi connectivity index (χ0n) is 11.6. The Balaban J connectivity index is 2.04. The minimum Gasteiger partial charge on any atom is -0.384 e. The van der Waals surface area contributed by atoms with Crippen molar-refractivity contribution in [1.29, 1.82) is 0 Å². The minimum absolute atomic E-state index is 0.167. The first kappa shape index (κ1) is 15.3. The van der Waals surface area contributed by atoms with Gasteiger partial charge in [0, 0.05) is 11.0 Å². The van der Waals surface area contributed by atoms with E-state index in [0.717, 1.165) is 31.0 Å². The normalized spacial score (nSPS) is 14.1. The summed E-state index contributed by atoms with van der Waals surface area (Å²) in [4.78, 5) is 0.167. The number of fused-ring (bicyclic) bond motifs is 1. The molecule has 0 radical (unpaired) electrons. The van der Waals surface area contributed by atoms with Crippen LogP contribution in [-0.4, -0.2) is 15.0 Å². The molecule has 0 atom stereocenters. The molecule has 7 heteroatoms. The fourth-order valence-electron chi connectivity index (χ4n) is 2.50. The molecule has 0 saturated carbocycles. The van der Waals surface area contributed by atoms with Gasteiger partial charge in [-0.05, 0) is 48.7 Å². The Labute approximate surface area is 136 Å². The number of rotatable bonds is 3. The second-order valence-corrected chi connectivity index (χ2v) is 7.65. The highest BCUT2D eigenvalue weighted by Gasteiger charge is 2.23. The lowest BCUT2D eigenvalue weighted by atomic mass is 10.0. The van der Waals surface area contributed by atoms with E-state index in [9.17, 15) is 12.8 Å². The van der Waals surface area contributed by atoms with Crippen LogP contribution >= 0.6 is 15.9 Å². The van der Waals surface area contributed by atoms with Crippen molar-refractivity contribution in [3.8, 4) is 0 Å². The Morgan fingerprint density at radius 3 is 2.82 bits per heavy atom. The molecule has 0 spiro atoms. The number of halogens is 2. The largest absolute Gasteiger partial charge is 0.384 e. The Morgan fingerprint density at radius 2 is 2.05 bits per heavy atom. The van der Waals surface area contributed by atoms with Crippen molar-refractivity contribution >= 4 is 37.3 Å². The molecule has 1 aliphatic rings. The number of aryl methyl sites for hydroxylation is 1. The summed E-state index contributed by atoms with van der Waals surface area (Å²) >= 11 is 3.35. The van der Waals surface area contributed by atoms with E-state index in [0.29, 0.717) is 10.2 Å². The van der Waals surface area contributed by atoms with Crippen molar-refractivity contribution in [2.45, 2.75) is 17.7 Å². The topological polar surface area (TPSA) is 58.2 Å². The molecule has 0 bridgehead atoms. The first-order valence-electron chi connectivity index (χ1n) is 6.80. The first-order valence-corrected chi connectivity index (χ1v) is 9.08. The van der Waals surface area contributed by atoms with E-state index < -0.39 is 15.8 Å². The van der Waals surface area contributed by atoms with E-state index in [1.54, 1.807) is 6.07 Å². The molecule has 0 saturated heterocycles. The first-order chi connectivity index (χ1) is 10.5. The predicted octanol–water partition coefficient (Wildman–Crippen LogP) is 3.75. The lowest BCUT2D eigenvalue weighted by Gasteiger charge is -2.22. The zero-order valence-corrected chi connectivity index (χ0v) is 14.0. The van der Waals surface area contributed by atoms with Crippen LogP contribution in [0.5, 0.6) is 0 Å². The van der Waals surface area contributed by atoms with Crippen LogP contribution in [0.4, 0.5) is 15.8 Å². The lowest BCUT2D eigenvalue weighted by molar-refractivity contribution is 0.600. The van der Waals surface area contributed by atoms with Gasteiger partial charge >= 0.3 is 0 Å². The third kappa shape index (κ3) is 3.10. The molecule has 0 fully saturated rings. The van der Waals surface area contributed by atoms with Gasteiger partial charge in [-0.1, -0.05) is 22.0 Å². The second kappa shape index (κ2) is 5.89. The van der Waals surface area contributed by atoms with E-state index >= 15 is 0 Å². The summed E-state index contributed by atoms with van der Waals surface area (Å²) in [5.74, 6) is -0.491. The number of nitrogens with one attached hydrogen (secondary N) is 2. The molecular weight excluding hydrogens is 371 g/mol. The molecule has 4 nitrogen and oxygen atoms in total. The summed E-state index contributed by atoms with van der Waals surface area (Å²) in [6.07, 6.45) is 1.78. The SMILES string of the molecule is O=S(=O)(Nc1cccc(F)c1)c1cc(Br)cc2c1NCCC2. The summed E-state index contributed by atoms with van der Waals surface area (Å²) < 4.78 is 41.6. The number of hydrogen-bond acceptors (Lipinski definition) is 3. The summed E-state index contributed by atoms with van der Waals surface area (Å²) in [5.41, 5.74) is 1.78. The summed E-state index contributed by atoms with van der Waals surface area (Å²) in [5, 5.41) is 3.15. The van der Waals surface area contributed by atoms with Gasteiger partial charge in [-0.2, -0.15) is 0 Å². The molecule has 0 aromatic heterocycles. The van der Waals surface area contributed by atoms with Gasteiger partial charge in [0.2, 0.25) is 0 Å². The van der Waals surface area contributed by atoms with Crippen LogP contribution < -0.4 is 10.0 Å². The maximum atomic E-state index is 13.2. The van der Waals surface area contributed by atoms with E-state index in [-0.39, 0.29) is 10.6 Å². The van der Waals surface area contributed by atoms with Crippen molar-refractivity contribution in [3.63, 3.8) is 0 Å². The van der Waals surface area contributed by atoms with E-state index in [2.05, 4.69) is 26.0 Å². The maximum Gasteiger partial charge on any atom is 0.264 e. The van der Waals surface area contributed by atoms with Crippen molar-refractivity contribution in [2.24, 2.45) is 0 Å². The molecule has 0 amide bonds. The van der Waals surface area contributed by atoms with Gasteiger partial charge < -0.3 is 5.32 Å². The third-order valence-electron chi connectivity index (χ3n) is 3.44. The van der Waals surface area contributed by atoms with Gasteiger partial charge in [0.25, 0.3) is 10.0 Å². The molecule has 3 rings (SSSR count). The van der Waals surface area contributed by atoms with Crippen LogP contribution in [0.3, 0.4) is 0 Å². The van der Waals surface area contributed by atoms with Gasteiger partial charge in [0.15, 0.2) is 0 Å². The molecule has 2 aromatic carbocycles. The molecule has 0 unspecified atom stereocenters. The smallest absolute Gasteiger partial charge is 0.264 e. The van der Waals surface area contributed by atoms with Crippen LogP contribution in [0.15, 0.2) is 45.8 Å². The molecule has 1 heterocycles. The molecule has 2 aromatic rings. The monoisotopic (exact) mass is 384 g/mol. The second-order valence-electron chi connectivity index (χ2n) is 5.08. The van der Waals surface area contributed by atoms with Gasteiger partial charge in [0.1, 0.15) is 10.7 Å². The molecule has 22 heavy (non-hydrogen) atoms.